The Morgan fingerprint density at radius 3 is 2.25 bits per heavy atom. The van der Waals surface area contributed by atoms with Crippen molar-refractivity contribution < 1.29 is 0 Å². The fourth-order valence-corrected chi connectivity index (χ4v) is 0. The van der Waals surface area contributed by atoms with Gasteiger partial charge in [-0.1, -0.05) is 8.93 Å². The van der Waals surface area contributed by atoms with Crippen molar-refractivity contribution in [2.75, 3.05) is 5.21 Å². The molecule has 0 N–H and O–H groups in total. The summed E-state index contributed by atoms with van der Waals surface area (Å²) in [7, 11) is 1.59. The fraction of sp³-hybridized carbons (Fsp3) is 1.00. The summed E-state index contributed by atoms with van der Waals surface area (Å²) in [5.41, 5.74) is 0. The molecule has 0 atom stereocenters. The van der Waals surface area contributed by atoms with E-state index in [2.05, 4.69) is 21.2 Å². The molecule has 26 valence electrons. The standard InChI is InChI=1S/CH2ClIS/c2-1-4-3/h1H2. The Morgan fingerprint density at radius 1 is 2.00 bits per heavy atom. The molecular formula is CH2ClIS. The van der Waals surface area contributed by atoms with E-state index in [9.17, 15) is 0 Å². The summed E-state index contributed by atoms with van der Waals surface area (Å²) in [4.78, 5) is 0. The molecule has 0 aromatic heterocycles. The fourth-order valence-electron chi connectivity index (χ4n) is 0. The second-order valence-electron chi connectivity index (χ2n) is 0.218. The van der Waals surface area contributed by atoms with Crippen LogP contribution >= 0.6 is 41.7 Å². The third-order valence-corrected chi connectivity index (χ3v) is 2.49. The van der Waals surface area contributed by atoms with Gasteiger partial charge in [0.2, 0.25) is 0 Å². The quantitative estimate of drug-likeness (QED) is 0.470. The number of hydrogen-bond acceptors (Lipinski definition) is 1. The average Bonchev–Trinajstić information content (AvgIpc) is 1.37. The summed E-state index contributed by atoms with van der Waals surface area (Å²) in [5, 5.41) is 0.695. The van der Waals surface area contributed by atoms with Crippen LogP contribution in [0.15, 0.2) is 0 Å². The highest BCUT2D eigenvalue weighted by atomic mass is 127. The predicted molar refractivity (Wildman–Crippen MR) is 32.3 cm³/mol. The SMILES string of the molecule is ClCSI. The van der Waals surface area contributed by atoms with Gasteiger partial charge in [0.25, 0.3) is 0 Å². The molecule has 0 rings (SSSR count). The number of rotatable bonds is 1. The molecule has 0 unspecified atom stereocenters. The summed E-state index contributed by atoms with van der Waals surface area (Å²) < 4.78 is 0. The van der Waals surface area contributed by atoms with Crippen molar-refractivity contribution in [2.24, 2.45) is 0 Å². The minimum atomic E-state index is 0.695. The Balaban J connectivity index is 1.97. The van der Waals surface area contributed by atoms with Crippen LogP contribution in [0.2, 0.25) is 0 Å². The smallest absolute Gasteiger partial charge is 0.0780 e. The summed E-state index contributed by atoms with van der Waals surface area (Å²) in [6.07, 6.45) is 0. The first kappa shape index (κ1) is 5.37. The molecular weight excluding hydrogens is 206 g/mol. The topological polar surface area (TPSA) is 0 Å². The Morgan fingerprint density at radius 2 is 2.25 bits per heavy atom. The van der Waals surface area contributed by atoms with Gasteiger partial charge in [-0.25, -0.2) is 0 Å². The van der Waals surface area contributed by atoms with Crippen LogP contribution < -0.4 is 0 Å². The van der Waals surface area contributed by atoms with E-state index in [1.165, 1.54) is 0 Å². The van der Waals surface area contributed by atoms with Gasteiger partial charge in [-0.05, 0) is 21.2 Å². The van der Waals surface area contributed by atoms with Crippen molar-refractivity contribution in [3.63, 3.8) is 0 Å². The lowest BCUT2D eigenvalue weighted by atomic mass is 11.9. The van der Waals surface area contributed by atoms with E-state index in [4.69, 9.17) is 11.6 Å². The normalized spacial score (nSPS) is 7.50. The lowest BCUT2D eigenvalue weighted by Gasteiger charge is -1.63. The highest BCUT2D eigenvalue weighted by Gasteiger charge is 1.61. The van der Waals surface area contributed by atoms with E-state index in [0.29, 0.717) is 5.21 Å². The molecule has 0 nitrogen and oxygen atoms in total. The summed E-state index contributed by atoms with van der Waals surface area (Å²) in [5.74, 6) is 0. The van der Waals surface area contributed by atoms with Gasteiger partial charge in [-0.3, -0.25) is 0 Å². The first-order chi connectivity index (χ1) is 1.91. The highest BCUT2D eigenvalue weighted by molar-refractivity contribution is 14.2. The van der Waals surface area contributed by atoms with Crippen LogP contribution in [0.3, 0.4) is 0 Å². The molecule has 0 aliphatic carbocycles. The van der Waals surface area contributed by atoms with Crippen molar-refractivity contribution in [1.29, 1.82) is 0 Å². The molecule has 0 radical (unpaired) electrons. The molecule has 0 spiro atoms. The summed E-state index contributed by atoms with van der Waals surface area (Å²) in [6.45, 7) is 0. The number of halogens is 2. The van der Waals surface area contributed by atoms with Gasteiger partial charge in [0.1, 0.15) is 0 Å². The van der Waals surface area contributed by atoms with E-state index < -0.39 is 0 Å². The molecule has 0 aromatic rings. The monoisotopic (exact) mass is 208 g/mol. The Bertz CT molecular complexity index is 10.0. The lowest BCUT2D eigenvalue weighted by Crippen LogP contribution is -1.34. The lowest BCUT2D eigenvalue weighted by molar-refractivity contribution is 2.28. The van der Waals surface area contributed by atoms with E-state index in [1.807, 2.05) is 0 Å². The average molecular weight is 208 g/mol. The van der Waals surface area contributed by atoms with Crippen LogP contribution in [0.25, 0.3) is 0 Å². The number of alkyl halides is 1. The van der Waals surface area contributed by atoms with E-state index in [-0.39, 0.29) is 0 Å². The minimum absolute atomic E-state index is 0.695. The summed E-state index contributed by atoms with van der Waals surface area (Å²) in [6, 6.07) is 0. The molecule has 0 aliphatic rings. The van der Waals surface area contributed by atoms with Crippen LogP contribution in [0.1, 0.15) is 0 Å². The van der Waals surface area contributed by atoms with Crippen LogP contribution in [-0.2, 0) is 0 Å². The van der Waals surface area contributed by atoms with Gasteiger partial charge in [0, 0.05) is 0 Å². The van der Waals surface area contributed by atoms with Crippen molar-refractivity contribution in [2.45, 2.75) is 0 Å². The largest absolute Gasteiger partial charge is 0.114 e. The van der Waals surface area contributed by atoms with Gasteiger partial charge < -0.3 is 0 Å². The molecule has 0 saturated heterocycles. The molecule has 0 heterocycles. The molecule has 0 saturated carbocycles. The second-order valence-corrected chi connectivity index (χ2v) is 3.18. The van der Waals surface area contributed by atoms with Crippen molar-refractivity contribution in [3.05, 3.63) is 0 Å². The Labute approximate surface area is 46.9 Å². The zero-order valence-electron chi connectivity index (χ0n) is 1.87. The van der Waals surface area contributed by atoms with Gasteiger partial charge in [0.15, 0.2) is 0 Å². The Kier molecular flexibility index (Phi) is 5.87. The second kappa shape index (κ2) is 4.37. The summed E-state index contributed by atoms with van der Waals surface area (Å²) >= 11 is 7.28. The first-order valence-corrected chi connectivity index (χ1v) is 4.77. The van der Waals surface area contributed by atoms with Gasteiger partial charge >= 0.3 is 0 Å². The number of hydrogen-bond donors (Lipinski definition) is 0. The minimum Gasteiger partial charge on any atom is -0.114 e. The van der Waals surface area contributed by atoms with Crippen LogP contribution in [0.4, 0.5) is 0 Å². The molecule has 0 bridgehead atoms. The molecule has 3 heteroatoms. The maximum Gasteiger partial charge on any atom is 0.0780 e. The molecule has 0 aliphatic heterocycles. The van der Waals surface area contributed by atoms with Gasteiger partial charge in [0.05, 0.1) is 5.21 Å². The van der Waals surface area contributed by atoms with Crippen LogP contribution in [-0.4, -0.2) is 5.21 Å². The zero-order valence-corrected chi connectivity index (χ0v) is 5.60. The van der Waals surface area contributed by atoms with Gasteiger partial charge in [-0.15, -0.1) is 11.6 Å². The highest BCUT2D eigenvalue weighted by Crippen LogP contribution is 2.10. The van der Waals surface area contributed by atoms with Crippen LogP contribution in [0, 0.1) is 0 Å². The third kappa shape index (κ3) is 3.37. The Hall–Kier alpha value is 1.37. The van der Waals surface area contributed by atoms with Crippen molar-refractivity contribution in [3.8, 4) is 0 Å². The molecule has 0 fully saturated rings. The van der Waals surface area contributed by atoms with E-state index in [1.54, 1.807) is 8.93 Å². The molecule has 4 heavy (non-hydrogen) atoms. The predicted octanol–water partition coefficient (Wildman–Crippen LogP) is 2.27. The first-order valence-electron chi connectivity index (χ1n) is 0.710. The van der Waals surface area contributed by atoms with Crippen LogP contribution in [0.5, 0.6) is 0 Å². The maximum absolute atomic E-state index is 5.14. The van der Waals surface area contributed by atoms with Gasteiger partial charge in [-0.2, -0.15) is 0 Å². The van der Waals surface area contributed by atoms with E-state index in [0.717, 1.165) is 0 Å². The molecule has 0 amide bonds. The third-order valence-electron chi connectivity index (χ3n) is 0.0412. The van der Waals surface area contributed by atoms with Crippen molar-refractivity contribution >= 4 is 41.7 Å². The van der Waals surface area contributed by atoms with Crippen molar-refractivity contribution in [1.82, 2.24) is 0 Å². The maximum atomic E-state index is 5.14. The zero-order chi connectivity index (χ0) is 3.41. The molecule has 0 aromatic carbocycles. The van der Waals surface area contributed by atoms with E-state index >= 15 is 0 Å².